The van der Waals surface area contributed by atoms with E-state index in [-0.39, 0.29) is 12.0 Å². The molecule has 3 aromatic carbocycles. The van der Waals surface area contributed by atoms with Gasteiger partial charge < -0.3 is 20.3 Å². The van der Waals surface area contributed by atoms with E-state index in [0.29, 0.717) is 17.9 Å². The van der Waals surface area contributed by atoms with Crippen molar-refractivity contribution in [3.8, 4) is 5.75 Å². The van der Waals surface area contributed by atoms with Gasteiger partial charge in [-0.15, -0.1) is 0 Å². The Morgan fingerprint density at radius 1 is 0.882 bits per heavy atom. The fraction of sp³-hybridized carbons (Fsp3) is 0.200. The van der Waals surface area contributed by atoms with Gasteiger partial charge in [0.15, 0.2) is 6.10 Å². The maximum Gasteiger partial charge on any atom is 0.416 e. The molecule has 0 fully saturated rings. The largest absolute Gasteiger partial charge is 0.489 e. The number of amides is 1. The number of carboxylic acids is 1. The van der Waals surface area contributed by atoms with E-state index in [4.69, 9.17) is 4.74 Å². The summed E-state index contributed by atoms with van der Waals surface area (Å²) >= 11 is 0. The number of aliphatic hydroxyl groups is 1. The lowest BCUT2D eigenvalue weighted by molar-refractivity contribution is -0.143. The minimum Gasteiger partial charge on any atom is -0.489 e. The molecule has 3 N–H and O–H groups in total. The van der Waals surface area contributed by atoms with Crippen LogP contribution in [-0.2, 0) is 28.8 Å². The molecule has 9 heteroatoms. The fourth-order valence-corrected chi connectivity index (χ4v) is 3.15. The maximum atomic E-state index is 12.7. The van der Waals surface area contributed by atoms with Crippen LogP contribution in [0.4, 0.5) is 13.2 Å². The minimum atomic E-state index is -4.55. The normalized spacial score (nSPS) is 13.1. The van der Waals surface area contributed by atoms with Gasteiger partial charge in [0, 0.05) is 6.42 Å². The van der Waals surface area contributed by atoms with E-state index in [1.165, 1.54) is 0 Å². The van der Waals surface area contributed by atoms with Crippen molar-refractivity contribution in [2.75, 3.05) is 0 Å². The fourth-order valence-electron chi connectivity index (χ4n) is 3.15. The lowest BCUT2D eigenvalue weighted by atomic mass is 10.0. The van der Waals surface area contributed by atoms with Crippen LogP contribution in [-0.4, -0.2) is 28.1 Å². The highest BCUT2D eigenvalue weighted by atomic mass is 19.4. The Bertz CT molecular complexity index is 1100. The lowest BCUT2D eigenvalue weighted by Crippen LogP contribution is -2.44. The van der Waals surface area contributed by atoms with Gasteiger partial charge in [-0.25, -0.2) is 4.79 Å². The average Bonchev–Trinajstić information content (AvgIpc) is 2.82. The van der Waals surface area contributed by atoms with Crippen molar-refractivity contribution in [3.05, 3.63) is 101 Å². The van der Waals surface area contributed by atoms with Gasteiger partial charge in [0.2, 0.25) is 0 Å². The second kappa shape index (κ2) is 10.8. The van der Waals surface area contributed by atoms with E-state index in [0.717, 1.165) is 29.8 Å². The molecule has 34 heavy (non-hydrogen) atoms. The molecule has 0 aliphatic carbocycles. The van der Waals surface area contributed by atoms with Crippen LogP contribution in [0, 0.1) is 0 Å². The monoisotopic (exact) mass is 473 g/mol. The number of carboxylic acid groups (broad SMARTS) is 1. The predicted octanol–water partition coefficient (Wildman–Crippen LogP) is 4.13. The number of alkyl halides is 3. The van der Waals surface area contributed by atoms with Crippen molar-refractivity contribution in [2.24, 2.45) is 0 Å². The van der Waals surface area contributed by atoms with E-state index in [2.05, 4.69) is 5.32 Å². The molecule has 0 bridgehead atoms. The zero-order valence-corrected chi connectivity index (χ0v) is 17.8. The minimum absolute atomic E-state index is 0.0697. The number of aliphatic hydroxyl groups excluding tert-OH is 1. The molecule has 0 aromatic heterocycles. The van der Waals surface area contributed by atoms with Crippen LogP contribution in [0.25, 0.3) is 0 Å². The third-order valence-corrected chi connectivity index (χ3v) is 5.03. The Kier molecular flexibility index (Phi) is 7.91. The van der Waals surface area contributed by atoms with Crippen LogP contribution in [0.1, 0.15) is 28.4 Å². The first-order valence-corrected chi connectivity index (χ1v) is 10.3. The van der Waals surface area contributed by atoms with Gasteiger partial charge >= 0.3 is 12.1 Å². The van der Waals surface area contributed by atoms with Gasteiger partial charge in [-0.05, 0) is 41.0 Å². The van der Waals surface area contributed by atoms with Crippen molar-refractivity contribution >= 4 is 11.9 Å². The number of rotatable bonds is 9. The summed E-state index contributed by atoms with van der Waals surface area (Å²) in [6, 6.07) is 18.3. The van der Waals surface area contributed by atoms with E-state index in [9.17, 15) is 33.0 Å². The van der Waals surface area contributed by atoms with Crippen LogP contribution in [0.15, 0.2) is 78.9 Å². The van der Waals surface area contributed by atoms with E-state index in [1.807, 2.05) is 30.3 Å². The predicted molar refractivity (Wildman–Crippen MR) is 117 cm³/mol. The summed E-state index contributed by atoms with van der Waals surface area (Å²) in [5.74, 6) is -1.77. The molecular formula is C25H22F3NO5. The summed E-state index contributed by atoms with van der Waals surface area (Å²) in [6.07, 6.45) is -6.44. The molecule has 0 radical (unpaired) electrons. The molecule has 3 aromatic rings. The molecule has 0 unspecified atom stereocenters. The highest BCUT2D eigenvalue weighted by Gasteiger charge is 2.31. The Morgan fingerprint density at radius 3 is 2.06 bits per heavy atom. The van der Waals surface area contributed by atoms with Crippen molar-refractivity contribution in [1.82, 2.24) is 5.32 Å². The first kappa shape index (κ1) is 24.8. The van der Waals surface area contributed by atoms with Crippen molar-refractivity contribution in [1.29, 1.82) is 0 Å². The van der Waals surface area contributed by atoms with Gasteiger partial charge in [-0.1, -0.05) is 54.6 Å². The van der Waals surface area contributed by atoms with Gasteiger partial charge in [-0.2, -0.15) is 13.2 Å². The quantitative estimate of drug-likeness (QED) is 0.434. The maximum absolute atomic E-state index is 12.7. The van der Waals surface area contributed by atoms with Gasteiger partial charge in [-0.3, -0.25) is 4.79 Å². The Morgan fingerprint density at radius 2 is 1.50 bits per heavy atom. The van der Waals surface area contributed by atoms with Gasteiger partial charge in [0.1, 0.15) is 18.4 Å². The zero-order valence-electron chi connectivity index (χ0n) is 17.8. The summed E-state index contributed by atoms with van der Waals surface area (Å²) in [6.45, 7) is 0.371. The number of nitrogens with one attached hydrogen (secondary N) is 1. The van der Waals surface area contributed by atoms with Crippen LogP contribution < -0.4 is 10.1 Å². The number of halogens is 3. The Balaban J connectivity index is 1.59. The Hall–Kier alpha value is -3.85. The zero-order chi connectivity index (χ0) is 24.7. The topological polar surface area (TPSA) is 95.9 Å². The van der Waals surface area contributed by atoms with Crippen molar-refractivity contribution in [3.63, 3.8) is 0 Å². The van der Waals surface area contributed by atoms with E-state index < -0.39 is 35.8 Å². The SMILES string of the molecule is O=C(N[C@H](Cc1ccc(OCc2ccccc2)cc1)C(=O)O)[C@@H](O)c1ccc(C(F)(F)F)cc1. The third kappa shape index (κ3) is 6.82. The number of carbonyl (C=O) groups excluding carboxylic acids is 1. The van der Waals surface area contributed by atoms with Crippen molar-refractivity contribution < 1.29 is 37.7 Å². The molecule has 1 amide bonds. The van der Waals surface area contributed by atoms with Crippen LogP contribution in [0.5, 0.6) is 5.75 Å². The summed E-state index contributed by atoms with van der Waals surface area (Å²) in [5, 5.41) is 21.9. The summed E-state index contributed by atoms with van der Waals surface area (Å²) in [4.78, 5) is 24.0. The first-order valence-electron chi connectivity index (χ1n) is 10.3. The average molecular weight is 473 g/mol. The molecule has 0 spiro atoms. The molecule has 178 valence electrons. The Labute approximate surface area is 193 Å². The molecule has 2 atom stereocenters. The first-order chi connectivity index (χ1) is 16.1. The number of benzene rings is 3. The van der Waals surface area contributed by atoms with E-state index >= 15 is 0 Å². The molecule has 6 nitrogen and oxygen atoms in total. The van der Waals surface area contributed by atoms with Crippen LogP contribution in [0.3, 0.4) is 0 Å². The van der Waals surface area contributed by atoms with Gasteiger partial charge in [0.05, 0.1) is 5.56 Å². The van der Waals surface area contributed by atoms with Crippen molar-refractivity contribution in [2.45, 2.75) is 31.3 Å². The number of ether oxygens (including phenoxy) is 1. The number of hydrogen-bond acceptors (Lipinski definition) is 4. The summed E-state index contributed by atoms with van der Waals surface area (Å²) < 4.78 is 43.7. The van der Waals surface area contributed by atoms with Crippen LogP contribution in [0.2, 0.25) is 0 Å². The second-order valence-electron chi connectivity index (χ2n) is 7.54. The third-order valence-electron chi connectivity index (χ3n) is 5.03. The molecule has 0 aliphatic heterocycles. The smallest absolute Gasteiger partial charge is 0.416 e. The summed E-state index contributed by atoms with van der Waals surface area (Å²) in [7, 11) is 0. The number of carbonyl (C=O) groups is 2. The number of aliphatic carboxylic acids is 1. The highest BCUT2D eigenvalue weighted by Crippen LogP contribution is 2.30. The number of hydrogen-bond donors (Lipinski definition) is 3. The molecule has 3 rings (SSSR count). The molecule has 0 saturated carbocycles. The lowest BCUT2D eigenvalue weighted by Gasteiger charge is -2.18. The summed E-state index contributed by atoms with van der Waals surface area (Å²) in [5.41, 5.74) is 0.577. The molecule has 0 heterocycles. The molecular weight excluding hydrogens is 451 g/mol. The second-order valence-corrected chi connectivity index (χ2v) is 7.54. The molecule has 0 saturated heterocycles. The molecule has 0 aliphatic rings. The van der Waals surface area contributed by atoms with Crippen LogP contribution >= 0.6 is 0 Å². The standard InChI is InChI=1S/C25H22F3NO5/c26-25(27,28)19-10-8-18(9-11-19)22(30)23(31)29-21(24(32)33)14-16-6-12-20(13-7-16)34-15-17-4-2-1-3-5-17/h1-13,21-22,30H,14-15H2,(H,29,31)(H,32,33)/t21-,22+/m1/s1. The van der Waals surface area contributed by atoms with Gasteiger partial charge in [0.25, 0.3) is 5.91 Å². The highest BCUT2D eigenvalue weighted by molar-refractivity contribution is 5.87. The van der Waals surface area contributed by atoms with E-state index in [1.54, 1.807) is 24.3 Å².